The Morgan fingerprint density at radius 2 is 0.851 bits per heavy atom. The zero-order chi connectivity index (χ0) is 44.6. The second kappa shape index (κ2) is 15.3. The van der Waals surface area contributed by atoms with Crippen LogP contribution in [0, 0.1) is 0 Å². The summed E-state index contributed by atoms with van der Waals surface area (Å²) in [6.07, 6.45) is 3.62. The van der Waals surface area contributed by atoms with Crippen LogP contribution in [0.1, 0.15) is 33.6 Å². The van der Waals surface area contributed by atoms with Crippen LogP contribution in [-0.2, 0) is 5.41 Å². The fourth-order valence-electron chi connectivity index (χ4n) is 11.2. The minimum atomic E-state index is -0.864. The smallest absolute Gasteiger partial charge is 0.246 e. The molecule has 0 saturated carbocycles. The molecule has 2 aliphatic heterocycles. The van der Waals surface area contributed by atoms with Crippen LogP contribution in [0.25, 0.3) is 45.1 Å². The van der Waals surface area contributed by atoms with Crippen LogP contribution in [0.15, 0.2) is 228 Å². The van der Waals surface area contributed by atoms with Crippen molar-refractivity contribution < 1.29 is 18.3 Å². The molecule has 0 saturated heterocycles. The number of para-hydroxylation sites is 5. The Hall–Kier alpha value is -8.47. The third-order valence-corrected chi connectivity index (χ3v) is 14.0. The van der Waals surface area contributed by atoms with Gasteiger partial charge in [0.05, 0.1) is 5.41 Å². The van der Waals surface area contributed by atoms with Gasteiger partial charge >= 0.3 is 0 Å². The standard InChI is InChI=1S/C61H40B2O4/c1-3-43-45-24-17-28-51(59(45)66-53(43)4-2)62(39-19-7-5-8-20-39)41-33-35-57-49(37-41)61(47-26-12-15-31-55(47)64-56-32-16-13-27-48(56)61)50-38-42(34-36-58(50)65-57)63(40-21-9-6-10-22-40)52-29-18-25-46-44-23-11-14-30-54(44)67-60(46)52/h3-38H,1-2H2. The molecular formula is C61H40B2O4. The van der Waals surface area contributed by atoms with E-state index >= 15 is 0 Å². The average molecular weight is 859 g/mol. The number of hydrogen-bond acceptors (Lipinski definition) is 4. The van der Waals surface area contributed by atoms with E-state index in [1.165, 1.54) is 0 Å². The van der Waals surface area contributed by atoms with Gasteiger partial charge in [0.1, 0.15) is 45.5 Å². The van der Waals surface area contributed by atoms with Gasteiger partial charge in [-0.15, -0.1) is 0 Å². The molecule has 0 N–H and O–H groups in total. The van der Waals surface area contributed by atoms with E-state index in [4.69, 9.17) is 18.3 Å². The number of hydrogen-bond donors (Lipinski definition) is 0. The molecule has 4 heterocycles. The zero-order valence-corrected chi connectivity index (χ0v) is 36.5. The van der Waals surface area contributed by atoms with Crippen LogP contribution in [0.5, 0.6) is 23.0 Å². The van der Waals surface area contributed by atoms with Crippen LogP contribution < -0.4 is 42.3 Å². The van der Waals surface area contributed by atoms with E-state index in [1.54, 1.807) is 6.08 Å². The second-order valence-electron chi connectivity index (χ2n) is 17.5. The first-order chi connectivity index (χ1) is 33.1. The van der Waals surface area contributed by atoms with Gasteiger partial charge in [-0.25, -0.2) is 0 Å². The van der Waals surface area contributed by atoms with Gasteiger partial charge in [0, 0.05) is 44.0 Å². The quantitative estimate of drug-likeness (QED) is 0.143. The fraction of sp³-hybridized carbons (Fsp3) is 0.0164. The van der Waals surface area contributed by atoms with Gasteiger partial charge in [0.15, 0.2) is 0 Å². The molecule has 1 spiro atoms. The Labute approximate surface area is 389 Å². The number of furan rings is 2. The van der Waals surface area contributed by atoms with E-state index in [-0.39, 0.29) is 13.4 Å². The lowest BCUT2D eigenvalue weighted by atomic mass is 9.36. The van der Waals surface area contributed by atoms with E-state index in [9.17, 15) is 0 Å². The normalized spacial score (nSPS) is 13.0. The highest BCUT2D eigenvalue weighted by molar-refractivity contribution is 6.97. The summed E-state index contributed by atoms with van der Waals surface area (Å²) in [4.78, 5) is 0. The summed E-state index contributed by atoms with van der Waals surface area (Å²) >= 11 is 0. The molecule has 4 nitrogen and oxygen atoms in total. The summed E-state index contributed by atoms with van der Waals surface area (Å²) in [5.74, 6) is 3.88. The molecule has 0 atom stereocenters. The molecule has 6 heteroatoms. The third kappa shape index (κ3) is 5.82. The highest BCUT2D eigenvalue weighted by atomic mass is 16.5. The van der Waals surface area contributed by atoms with E-state index in [1.807, 2.05) is 12.1 Å². The topological polar surface area (TPSA) is 44.7 Å². The van der Waals surface area contributed by atoms with Crippen molar-refractivity contribution in [2.45, 2.75) is 5.41 Å². The monoisotopic (exact) mass is 858 g/mol. The van der Waals surface area contributed by atoms with Crippen molar-refractivity contribution in [3.8, 4) is 23.0 Å². The molecule has 0 fully saturated rings. The van der Waals surface area contributed by atoms with Crippen molar-refractivity contribution in [3.63, 3.8) is 0 Å². The van der Waals surface area contributed by atoms with Crippen LogP contribution in [-0.4, -0.2) is 13.4 Å². The highest BCUT2D eigenvalue weighted by Crippen LogP contribution is 2.61. The molecule has 314 valence electrons. The Balaban J connectivity index is 1.10. The van der Waals surface area contributed by atoms with Crippen LogP contribution in [0.4, 0.5) is 0 Å². The van der Waals surface area contributed by atoms with Crippen molar-refractivity contribution >= 4 is 91.3 Å². The molecule has 67 heavy (non-hydrogen) atoms. The Morgan fingerprint density at radius 3 is 1.42 bits per heavy atom. The largest absolute Gasteiger partial charge is 0.457 e. The van der Waals surface area contributed by atoms with Crippen molar-refractivity contribution in [2.24, 2.45) is 0 Å². The molecule has 11 aromatic rings. The Morgan fingerprint density at radius 1 is 0.373 bits per heavy atom. The first-order valence-corrected chi connectivity index (χ1v) is 22.8. The highest BCUT2D eigenvalue weighted by Gasteiger charge is 2.51. The minimum absolute atomic E-state index is 0.178. The van der Waals surface area contributed by atoms with E-state index in [0.717, 1.165) is 116 Å². The van der Waals surface area contributed by atoms with Crippen molar-refractivity contribution in [2.75, 3.05) is 0 Å². The molecule has 0 radical (unpaired) electrons. The maximum atomic E-state index is 7.16. The van der Waals surface area contributed by atoms with Gasteiger partial charge in [-0.05, 0) is 47.3 Å². The summed E-state index contributed by atoms with van der Waals surface area (Å²) in [5.41, 5.74) is 13.4. The predicted octanol–water partition coefficient (Wildman–Crippen LogP) is 11.2. The molecule has 13 rings (SSSR count). The molecule has 9 aromatic carbocycles. The number of fused-ring (bicyclic) bond motifs is 12. The molecule has 2 aromatic heterocycles. The average Bonchev–Trinajstić information content (AvgIpc) is 3.96. The van der Waals surface area contributed by atoms with Gasteiger partial charge in [0.25, 0.3) is 0 Å². The lowest BCUT2D eigenvalue weighted by Crippen LogP contribution is -2.53. The number of ether oxygens (including phenoxy) is 2. The van der Waals surface area contributed by atoms with E-state index in [2.05, 4.69) is 213 Å². The molecule has 0 amide bonds. The first kappa shape index (κ1) is 38.9. The van der Waals surface area contributed by atoms with Gasteiger partial charge < -0.3 is 18.3 Å². The second-order valence-corrected chi connectivity index (χ2v) is 17.5. The molecular weight excluding hydrogens is 818 g/mol. The molecule has 0 aliphatic carbocycles. The summed E-state index contributed by atoms with van der Waals surface area (Å²) in [7, 11) is 0. The lowest BCUT2D eigenvalue weighted by molar-refractivity contribution is 0.399. The SMILES string of the molecule is C=Cc1oc2c(B(c3ccccc3)c3ccc4c(c3)C3(c5ccccc5Oc5ccccc53)c3cc(B(c5ccccc5)c5cccc6c5oc5ccccc56)ccc3O4)cccc2c1C=C. The van der Waals surface area contributed by atoms with Crippen molar-refractivity contribution in [1.29, 1.82) is 0 Å². The summed E-state index contributed by atoms with van der Waals surface area (Å²) < 4.78 is 27.4. The van der Waals surface area contributed by atoms with Crippen molar-refractivity contribution in [1.82, 2.24) is 0 Å². The maximum absolute atomic E-state index is 7.16. The lowest BCUT2D eigenvalue weighted by Gasteiger charge is -2.45. The summed E-state index contributed by atoms with van der Waals surface area (Å²) in [6.45, 7) is 7.83. The maximum Gasteiger partial charge on any atom is 0.246 e. The van der Waals surface area contributed by atoms with Crippen molar-refractivity contribution in [3.05, 3.63) is 253 Å². The van der Waals surface area contributed by atoms with Gasteiger partial charge in [-0.2, -0.15) is 0 Å². The van der Waals surface area contributed by atoms with Gasteiger partial charge in [0.2, 0.25) is 13.4 Å². The molecule has 0 bridgehead atoms. The van der Waals surface area contributed by atoms with Crippen LogP contribution in [0.3, 0.4) is 0 Å². The Kier molecular flexibility index (Phi) is 8.91. The van der Waals surface area contributed by atoms with Gasteiger partial charge in [-0.3, -0.25) is 0 Å². The first-order valence-electron chi connectivity index (χ1n) is 22.8. The fourth-order valence-corrected chi connectivity index (χ4v) is 11.2. The van der Waals surface area contributed by atoms with E-state index < -0.39 is 5.41 Å². The van der Waals surface area contributed by atoms with Gasteiger partial charge in [-0.1, -0.05) is 217 Å². The Bertz CT molecular complexity index is 3730. The van der Waals surface area contributed by atoms with Crippen LogP contribution in [0.2, 0.25) is 0 Å². The number of benzene rings is 9. The summed E-state index contributed by atoms with van der Waals surface area (Å²) in [6, 6.07) is 73.2. The number of rotatable bonds is 8. The predicted molar refractivity (Wildman–Crippen MR) is 277 cm³/mol. The minimum Gasteiger partial charge on any atom is -0.457 e. The summed E-state index contributed by atoms with van der Waals surface area (Å²) in [5, 5.41) is 3.20. The zero-order valence-electron chi connectivity index (χ0n) is 36.5. The molecule has 0 unspecified atom stereocenters. The third-order valence-electron chi connectivity index (χ3n) is 14.0. The van der Waals surface area contributed by atoms with Crippen LogP contribution >= 0.6 is 0 Å². The molecule has 2 aliphatic rings. The van der Waals surface area contributed by atoms with E-state index in [0.29, 0.717) is 5.76 Å².